The Morgan fingerprint density at radius 1 is 1.37 bits per heavy atom. The number of benzene rings is 1. The van der Waals surface area contributed by atoms with Crippen molar-refractivity contribution in [1.82, 2.24) is 4.98 Å². The number of nitrogens with zero attached hydrogens (tertiary/aromatic N) is 1. The van der Waals surface area contributed by atoms with Crippen molar-refractivity contribution in [2.75, 3.05) is 0 Å². The minimum absolute atomic E-state index is 0.0309. The van der Waals surface area contributed by atoms with Gasteiger partial charge in [0, 0.05) is 12.5 Å². The fourth-order valence-electron chi connectivity index (χ4n) is 1.63. The van der Waals surface area contributed by atoms with E-state index in [1.54, 1.807) is 19.1 Å². The van der Waals surface area contributed by atoms with E-state index in [1.165, 1.54) is 13.0 Å². The second-order valence-electron chi connectivity index (χ2n) is 3.99. The second kappa shape index (κ2) is 4.89. The van der Waals surface area contributed by atoms with E-state index in [1.807, 2.05) is 0 Å². The predicted molar refractivity (Wildman–Crippen MR) is 69.2 cm³/mol. The number of carboxylic acids is 1. The van der Waals surface area contributed by atoms with Crippen molar-refractivity contribution in [2.45, 2.75) is 13.8 Å². The highest BCUT2D eigenvalue weighted by Crippen LogP contribution is 2.31. The quantitative estimate of drug-likeness (QED) is 0.876. The van der Waals surface area contributed by atoms with Crippen LogP contribution in [0.1, 0.15) is 32.6 Å². The van der Waals surface area contributed by atoms with Crippen LogP contribution in [0.5, 0.6) is 0 Å². The summed E-state index contributed by atoms with van der Waals surface area (Å²) in [6.45, 7) is 2.87. The number of aromatic carboxylic acids is 1. The normalized spacial score (nSPS) is 10.5. The Bertz CT molecular complexity index is 647. The van der Waals surface area contributed by atoms with Gasteiger partial charge in [-0.2, -0.15) is 0 Å². The van der Waals surface area contributed by atoms with Crippen molar-refractivity contribution < 1.29 is 19.1 Å². The van der Waals surface area contributed by atoms with E-state index in [9.17, 15) is 14.0 Å². The van der Waals surface area contributed by atoms with Gasteiger partial charge in [-0.15, -0.1) is 11.3 Å². The molecule has 0 atom stereocenters. The number of carbonyl (C=O) groups excluding carboxylic acids is 1. The zero-order chi connectivity index (χ0) is 14.2. The number of halogens is 1. The first-order valence-corrected chi connectivity index (χ1v) is 6.24. The fraction of sp³-hybridized carbons (Fsp3) is 0.154. The van der Waals surface area contributed by atoms with E-state index < -0.39 is 17.6 Å². The minimum atomic E-state index is -1.29. The summed E-state index contributed by atoms with van der Waals surface area (Å²) in [6.07, 6.45) is 0. The van der Waals surface area contributed by atoms with Gasteiger partial charge in [-0.3, -0.25) is 4.79 Å². The third-order valence-electron chi connectivity index (χ3n) is 2.57. The number of ketones is 1. The summed E-state index contributed by atoms with van der Waals surface area (Å²) in [5.74, 6) is -2.14. The highest BCUT2D eigenvalue weighted by molar-refractivity contribution is 7.17. The third-order valence-corrected chi connectivity index (χ3v) is 3.76. The largest absolute Gasteiger partial charge is 0.476 e. The lowest BCUT2D eigenvalue weighted by Crippen LogP contribution is -2.03. The standard InChI is InChI=1S/C13H10FNO3S/c1-6-4-3-5-8(9(6)14)12-15-10(13(17)18)11(19-12)7(2)16/h3-5H,1-2H3,(H,17,18). The van der Waals surface area contributed by atoms with Gasteiger partial charge in [0.25, 0.3) is 0 Å². The number of carbonyl (C=O) groups is 2. The van der Waals surface area contributed by atoms with Gasteiger partial charge in [-0.25, -0.2) is 14.2 Å². The van der Waals surface area contributed by atoms with E-state index >= 15 is 0 Å². The predicted octanol–water partition coefficient (Wildman–Crippen LogP) is 3.16. The van der Waals surface area contributed by atoms with Crippen LogP contribution in [0.2, 0.25) is 0 Å². The molecule has 19 heavy (non-hydrogen) atoms. The number of hydrogen-bond donors (Lipinski definition) is 1. The van der Waals surface area contributed by atoms with Crippen LogP contribution in [0.3, 0.4) is 0 Å². The lowest BCUT2D eigenvalue weighted by atomic mass is 10.1. The molecule has 2 aromatic rings. The van der Waals surface area contributed by atoms with E-state index in [0.29, 0.717) is 5.56 Å². The smallest absolute Gasteiger partial charge is 0.356 e. The van der Waals surface area contributed by atoms with Crippen LogP contribution >= 0.6 is 11.3 Å². The van der Waals surface area contributed by atoms with Gasteiger partial charge in [0.2, 0.25) is 0 Å². The molecule has 2 rings (SSSR count). The van der Waals surface area contributed by atoms with Gasteiger partial charge >= 0.3 is 5.97 Å². The zero-order valence-corrected chi connectivity index (χ0v) is 11.0. The molecule has 0 saturated heterocycles. The first-order valence-electron chi connectivity index (χ1n) is 5.42. The molecule has 1 heterocycles. The molecule has 1 N–H and O–H groups in total. The number of aromatic nitrogens is 1. The fourth-order valence-corrected chi connectivity index (χ4v) is 2.60. The Morgan fingerprint density at radius 3 is 2.58 bits per heavy atom. The SMILES string of the molecule is CC(=O)c1sc(-c2cccc(C)c2F)nc1C(=O)O. The molecular weight excluding hydrogens is 269 g/mol. The van der Waals surface area contributed by atoms with Crippen molar-refractivity contribution in [3.63, 3.8) is 0 Å². The molecule has 1 aromatic carbocycles. The number of Topliss-reactive ketones (excluding diaryl/α,β-unsaturated/α-hetero) is 1. The summed E-state index contributed by atoms with van der Waals surface area (Å²) in [4.78, 5) is 26.3. The Kier molecular flexibility index (Phi) is 3.44. The molecular formula is C13H10FNO3S. The second-order valence-corrected chi connectivity index (χ2v) is 4.99. The van der Waals surface area contributed by atoms with Crippen molar-refractivity contribution in [3.05, 3.63) is 40.2 Å². The number of aryl methyl sites for hydroxylation is 1. The molecule has 0 spiro atoms. The Labute approximate surface area is 112 Å². The van der Waals surface area contributed by atoms with Crippen molar-refractivity contribution in [1.29, 1.82) is 0 Å². The average Bonchev–Trinajstić information content (AvgIpc) is 2.77. The molecule has 0 aliphatic carbocycles. The van der Waals surface area contributed by atoms with Crippen molar-refractivity contribution >= 4 is 23.1 Å². The van der Waals surface area contributed by atoms with E-state index in [2.05, 4.69) is 4.98 Å². The lowest BCUT2D eigenvalue weighted by Gasteiger charge is -2.01. The van der Waals surface area contributed by atoms with Crippen LogP contribution in [0.4, 0.5) is 4.39 Å². The maximum atomic E-state index is 14.0. The van der Waals surface area contributed by atoms with Gasteiger partial charge in [0.15, 0.2) is 11.5 Å². The van der Waals surface area contributed by atoms with Gasteiger partial charge in [-0.05, 0) is 18.6 Å². The number of rotatable bonds is 3. The minimum Gasteiger partial charge on any atom is -0.476 e. The van der Waals surface area contributed by atoms with Crippen LogP contribution < -0.4 is 0 Å². The van der Waals surface area contributed by atoms with Crippen LogP contribution in [0, 0.1) is 12.7 Å². The zero-order valence-electron chi connectivity index (χ0n) is 10.2. The first kappa shape index (κ1) is 13.4. The molecule has 0 aliphatic heterocycles. The van der Waals surface area contributed by atoms with Crippen molar-refractivity contribution in [2.24, 2.45) is 0 Å². The molecule has 0 fully saturated rings. The summed E-state index contributed by atoms with van der Waals surface area (Å²) >= 11 is 0.890. The van der Waals surface area contributed by atoms with E-state index in [-0.39, 0.29) is 21.1 Å². The van der Waals surface area contributed by atoms with Gasteiger partial charge < -0.3 is 5.11 Å². The van der Waals surface area contributed by atoms with Crippen LogP contribution in [-0.2, 0) is 0 Å². The maximum absolute atomic E-state index is 14.0. The van der Waals surface area contributed by atoms with Crippen molar-refractivity contribution in [3.8, 4) is 10.6 Å². The summed E-state index contributed by atoms with van der Waals surface area (Å²) in [5, 5.41) is 9.19. The summed E-state index contributed by atoms with van der Waals surface area (Å²) in [6, 6.07) is 4.77. The Hall–Kier alpha value is -2.08. The van der Waals surface area contributed by atoms with Gasteiger partial charge in [0.1, 0.15) is 15.7 Å². The average molecular weight is 279 g/mol. The van der Waals surface area contributed by atoms with Gasteiger partial charge in [0.05, 0.1) is 0 Å². The summed E-state index contributed by atoms with van der Waals surface area (Å²) in [7, 11) is 0. The molecule has 0 unspecified atom stereocenters. The lowest BCUT2D eigenvalue weighted by molar-refractivity contribution is 0.0687. The topological polar surface area (TPSA) is 67.3 Å². The maximum Gasteiger partial charge on any atom is 0.356 e. The number of thiazole rings is 1. The molecule has 0 aliphatic rings. The highest BCUT2D eigenvalue weighted by Gasteiger charge is 2.22. The highest BCUT2D eigenvalue weighted by atomic mass is 32.1. The molecule has 0 amide bonds. The molecule has 98 valence electrons. The Balaban J connectivity index is 2.64. The molecule has 0 radical (unpaired) electrons. The molecule has 0 saturated carbocycles. The summed E-state index contributed by atoms with van der Waals surface area (Å²) in [5.41, 5.74) is 0.322. The van der Waals surface area contributed by atoms with Gasteiger partial charge in [-0.1, -0.05) is 12.1 Å². The number of carboxylic acid groups (broad SMARTS) is 1. The van der Waals surface area contributed by atoms with Crippen LogP contribution in [0.15, 0.2) is 18.2 Å². The third kappa shape index (κ3) is 2.39. The first-order chi connectivity index (χ1) is 8.91. The van der Waals surface area contributed by atoms with Crippen LogP contribution in [-0.4, -0.2) is 21.8 Å². The number of hydrogen-bond acceptors (Lipinski definition) is 4. The van der Waals surface area contributed by atoms with E-state index in [0.717, 1.165) is 11.3 Å². The molecule has 4 nitrogen and oxygen atoms in total. The van der Waals surface area contributed by atoms with E-state index in [4.69, 9.17) is 5.11 Å². The summed E-state index contributed by atoms with van der Waals surface area (Å²) < 4.78 is 14.0. The van der Waals surface area contributed by atoms with Crippen LogP contribution in [0.25, 0.3) is 10.6 Å². The Morgan fingerprint density at radius 2 is 2.05 bits per heavy atom. The molecule has 1 aromatic heterocycles. The molecule has 6 heteroatoms. The monoisotopic (exact) mass is 279 g/mol. The molecule has 0 bridgehead atoms.